The molecule has 0 rings (SSSR count). The Morgan fingerprint density at radius 1 is 1.10 bits per heavy atom. The van der Waals surface area contributed by atoms with Crippen LogP contribution in [0.1, 0.15) is 27.2 Å². The van der Waals surface area contributed by atoms with Gasteiger partial charge in [0.05, 0.1) is 13.2 Å². The SMILES string of the molecule is CCO[Si](CCCOC(=O)C(O)CO)(OCC)OCC.O. The molecule has 0 fully saturated rings. The molecule has 0 aromatic rings. The Morgan fingerprint density at radius 2 is 1.57 bits per heavy atom. The van der Waals surface area contributed by atoms with Gasteiger partial charge in [-0.25, -0.2) is 4.79 Å². The van der Waals surface area contributed by atoms with Crippen molar-refractivity contribution in [2.75, 3.05) is 33.0 Å². The summed E-state index contributed by atoms with van der Waals surface area (Å²) in [6.45, 7) is 6.58. The van der Waals surface area contributed by atoms with Gasteiger partial charge in [-0.05, 0) is 27.2 Å². The average molecular weight is 328 g/mol. The topological polar surface area (TPSA) is 126 Å². The monoisotopic (exact) mass is 328 g/mol. The lowest BCUT2D eigenvalue weighted by atomic mass is 10.4. The quantitative estimate of drug-likeness (QED) is 0.281. The van der Waals surface area contributed by atoms with Gasteiger partial charge in [0, 0.05) is 25.9 Å². The Balaban J connectivity index is 0. The molecule has 0 heterocycles. The molecule has 128 valence electrons. The van der Waals surface area contributed by atoms with E-state index < -0.39 is 27.5 Å². The van der Waals surface area contributed by atoms with Gasteiger partial charge in [-0.15, -0.1) is 0 Å². The van der Waals surface area contributed by atoms with E-state index in [0.29, 0.717) is 32.3 Å². The van der Waals surface area contributed by atoms with Crippen LogP contribution in [0.4, 0.5) is 0 Å². The standard InChI is InChI=1S/C12H26O7Si.H2O/c1-4-17-20(18-5-2,19-6-3)9-7-8-16-12(15)11(14)10-13;/h11,13-14H,4-10H2,1-3H3;1H2. The van der Waals surface area contributed by atoms with Crippen molar-refractivity contribution in [2.24, 2.45) is 0 Å². The Kier molecular flexibility index (Phi) is 14.2. The average Bonchev–Trinajstić information content (AvgIpc) is 2.43. The van der Waals surface area contributed by atoms with Crippen LogP contribution in [0.5, 0.6) is 0 Å². The number of rotatable bonds is 12. The highest BCUT2D eigenvalue weighted by atomic mass is 28.4. The van der Waals surface area contributed by atoms with E-state index in [9.17, 15) is 4.79 Å². The van der Waals surface area contributed by atoms with Gasteiger partial charge in [-0.3, -0.25) is 0 Å². The molecule has 0 aliphatic heterocycles. The third-order valence-electron chi connectivity index (χ3n) is 2.41. The molecule has 0 bridgehead atoms. The van der Waals surface area contributed by atoms with Crippen molar-refractivity contribution < 1.29 is 38.5 Å². The van der Waals surface area contributed by atoms with Crippen LogP contribution in [-0.4, -0.2) is 69.6 Å². The van der Waals surface area contributed by atoms with E-state index in [0.717, 1.165) is 0 Å². The maximum absolute atomic E-state index is 11.2. The molecular weight excluding hydrogens is 300 g/mol. The third-order valence-corrected chi connectivity index (χ3v) is 5.56. The first-order valence-electron chi connectivity index (χ1n) is 6.92. The molecule has 0 spiro atoms. The molecule has 0 saturated carbocycles. The maximum Gasteiger partial charge on any atom is 0.501 e. The molecule has 4 N–H and O–H groups in total. The van der Waals surface area contributed by atoms with Crippen molar-refractivity contribution in [1.82, 2.24) is 0 Å². The molecule has 21 heavy (non-hydrogen) atoms. The molecule has 9 heteroatoms. The maximum atomic E-state index is 11.2. The molecule has 0 aliphatic rings. The highest BCUT2D eigenvalue weighted by Crippen LogP contribution is 2.18. The number of aliphatic hydroxyl groups is 2. The van der Waals surface area contributed by atoms with Gasteiger partial charge in [-0.1, -0.05) is 0 Å². The van der Waals surface area contributed by atoms with Crippen LogP contribution in [0.3, 0.4) is 0 Å². The summed E-state index contributed by atoms with van der Waals surface area (Å²) in [7, 11) is -2.71. The molecule has 0 radical (unpaired) electrons. The summed E-state index contributed by atoms with van der Waals surface area (Å²) in [5.74, 6) is -0.830. The highest BCUT2D eigenvalue weighted by Gasteiger charge is 2.39. The minimum Gasteiger partial charge on any atom is -0.464 e. The smallest absolute Gasteiger partial charge is 0.464 e. The Labute approximate surface area is 126 Å². The Hall–Kier alpha value is -0.553. The molecule has 8 nitrogen and oxygen atoms in total. The van der Waals surface area contributed by atoms with E-state index in [-0.39, 0.29) is 12.1 Å². The normalized spacial score (nSPS) is 12.6. The third kappa shape index (κ3) is 9.14. The van der Waals surface area contributed by atoms with E-state index in [1.807, 2.05) is 20.8 Å². The van der Waals surface area contributed by atoms with Crippen LogP contribution in [-0.2, 0) is 22.8 Å². The van der Waals surface area contributed by atoms with Crippen molar-refractivity contribution in [3.8, 4) is 0 Å². The molecule has 0 aromatic carbocycles. The summed E-state index contributed by atoms with van der Waals surface area (Å²) in [5.41, 5.74) is 0. The van der Waals surface area contributed by atoms with Crippen LogP contribution >= 0.6 is 0 Å². The lowest BCUT2D eigenvalue weighted by Crippen LogP contribution is -2.46. The van der Waals surface area contributed by atoms with E-state index >= 15 is 0 Å². The Morgan fingerprint density at radius 3 is 1.95 bits per heavy atom. The van der Waals surface area contributed by atoms with Crippen molar-refractivity contribution in [2.45, 2.75) is 39.3 Å². The second kappa shape index (κ2) is 13.1. The van der Waals surface area contributed by atoms with Gasteiger partial charge in [0.25, 0.3) is 0 Å². The van der Waals surface area contributed by atoms with E-state index in [4.69, 9.17) is 28.2 Å². The number of hydrogen-bond donors (Lipinski definition) is 2. The molecule has 1 unspecified atom stereocenters. The van der Waals surface area contributed by atoms with E-state index in [2.05, 4.69) is 0 Å². The van der Waals surface area contributed by atoms with Crippen LogP contribution < -0.4 is 0 Å². The number of carbonyl (C=O) groups excluding carboxylic acids is 1. The van der Waals surface area contributed by atoms with E-state index in [1.54, 1.807) is 0 Å². The summed E-state index contributed by atoms with van der Waals surface area (Å²) in [5, 5.41) is 17.6. The summed E-state index contributed by atoms with van der Waals surface area (Å²) in [6, 6.07) is 0.533. The Bertz CT molecular complexity index is 247. The van der Waals surface area contributed by atoms with Crippen LogP contribution in [0.25, 0.3) is 0 Å². The first-order chi connectivity index (χ1) is 9.55. The minimum absolute atomic E-state index is 0. The van der Waals surface area contributed by atoms with Crippen molar-refractivity contribution in [3.63, 3.8) is 0 Å². The first-order valence-corrected chi connectivity index (χ1v) is 8.85. The minimum atomic E-state index is -2.71. The predicted octanol–water partition coefficient (Wildman–Crippen LogP) is -0.503. The summed E-state index contributed by atoms with van der Waals surface area (Å²) < 4.78 is 21.8. The second-order valence-corrected chi connectivity index (χ2v) is 6.68. The zero-order valence-corrected chi connectivity index (χ0v) is 14.0. The zero-order valence-electron chi connectivity index (χ0n) is 13.0. The fraction of sp³-hybridized carbons (Fsp3) is 0.917. The summed E-state index contributed by atoms with van der Waals surface area (Å²) in [4.78, 5) is 11.2. The zero-order chi connectivity index (χ0) is 15.4. The molecular formula is C12H28O8Si. The first kappa shape index (κ1) is 22.7. The number of aliphatic hydroxyl groups excluding tert-OH is 2. The number of carbonyl (C=O) groups is 1. The van der Waals surface area contributed by atoms with Gasteiger partial charge >= 0.3 is 14.8 Å². The van der Waals surface area contributed by atoms with Crippen molar-refractivity contribution >= 4 is 14.8 Å². The fourth-order valence-corrected chi connectivity index (χ4v) is 4.21. The van der Waals surface area contributed by atoms with Crippen molar-refractivity contribution in [1.29, 1.82) is 0 Å². The van der Waals surface area contributed by atoms with Gasteiger partial charge in [0.15, 0.2) is 6.10 Å². The number of esters is 1. The van der Waals surface area contributed by atoms with Crippen molar-refractivity contribution in [3.05, 3.63) is 0 Å². The van der Waals surface area contributed by atoms with Crippen LogP contribution in [0.15, 0.2) is 0 Å². The molecule has 0 saturated heterocycles. The number of hydrogen-bond acceptors (Lipinski definition) is 7. The predicted molar refractivity (Wildman–Crippen MR) is 77.7 cm³/mol. The number of ether oxygens (including phenoxy) is 1. The summed E-state index contributed by atoms with van der Waals surface area (Å²) in [6.07, 6.45) is -0.974. The van der Waals surface area contributed by atoms with Gasteiger partial charge < -0.3 is 33.7 Å². The fourth-order valence-electron chi connectivity index (χ4n) is 1.63. The lowest BCUT2D eigenvalue weighted by molar-refractivity contribution is -0.155. The molecule has 0 aliphatic carbocycles. The van der Waals surface area contributed by atoms with Crippen LogP contribution in [0, 0.1) is 0 Å². The largest absolute Gasteiger partial charge is 0.501 e. The molecule has 0 aromatic heterocycles. The highest BCUT2D eigenvalue weighted by molar-refractivity contribution is 6.60. The van der Waals surface area contributed by atoms with E-state index in [1.165, 1.54) is 0 Å². The van der Waals surface area contributed by atoms with Gasteiger partial charge in [-0.2, -0.15) is 0 Å². The molecule has 0 amide bonds. The lowest BCUT2D eigenvalue weighted by Gasteiger charge is -2.28. The second-order valence-electron chi connectivity index (χ2n) is 3.95. The van der Waals surface area contributed by atoms with Gasteiger partial charge in [0.1, 0.15) is 0 Å². The summed E-state index contributed by atoms with van der Waals surface area (Å²) >= 11 is 0. The van der Waals surface area contributed by atoms with Crippen LogP contribution in [0.2, 0.25) is 6.04 Å². The van der Waals surface area contributed by atoms with Gasteiger partial charge in [0.2, 0.25) is 0 Å². The molecule has 1 atom stereocenters.